The third kappa shape index (κ3) is 4.04. The zero-order valence-corrected chi connectivity index (χ0v) is 12.1. The number of hydrogen-bond acceptors (Lipinski definition) is 5. The van der Waals surface area contributed by atoms with Crippen LogP contribution in [0.3, 0.4) is 0 Å². The Kier molecular flexibility index (Phi) is 4.70. The lowest BCUT2D eigenvalue weighted by atomic mass is 10.1. The normalized spacial score (nSPS) is 10.9. The number of anilines is 1. The summed E-state index contributed by atoms with van der Waals surface area (Å²) in [5, 5.41) is 11.6. The molecule has 0 saturated heterocycles. The van der Waals surface area contributed by atoms with Gasteiger partial charge in [0.25, 0.3) is 0 Å². The molecule has 0 bridgehead atoms. The molecule has 0 aliphatic rings. The van der Waals surface area contributed by atoms with Crippen LogP contribution in [0.1, 0.15) is 11.4 Å². The average molecular weight is 291 g/mol. The molecule has 0 saturated carbocycles. The Morgan fingerprint density at radius 3 is 3.00 bits per heavy atom. The van der Waals surface area contributed by atoms with Gasteiger partial charge in [0.2, 0.25) is 0 Å². The van der Waals surface area contributed by atoms with Crippen molar-refractivity contribution in [3.63, 3.8) is 0 Å². The van der Waals surface area contributed by atoms with Crippen LogP contribution in [-0.4, -0.2) is 34.6 Å². The lowest BCUT2D eigenvalue weighted by Gasteiger charge is -2.12. The highest BCUT2D eigenvalue weighted by atomic mass is 32.1. The Balaban J connectivity index is 2.00. The summed E-state index contributed by atoms with van der Waals surface area (Å²) < 4.78 is 0. The van der Waals surface area contributed by atoms with Gasteiger partial charge in [-0.25, -0.2) is 4.98 Å². The smallest absolute Gasteiger partial charge is 0.304 e. The minimum atomic E-state index is -0.781. The molecule has 2 rings (SSSR count). The molecule has 0 radical (unpaired) electrons. The quantitative estimate of drug-likeness (QED) is 0.798. The Morgan fingerprint density at radius 2 is 2.30 bits per heavy atom. The number of carbonyl (C=O) groups is 1. The van der Waals surface area contributed by atoms with Crippen LogP contribution in [-0.2, 0) is 11.3 Å². The Hall–Kier alpha value is -1.92. The van der Waals surface area contributed by atoms with Crippen molar-refractivity contribution in [2.75, 3.05) is 19.3 Å². The number of aliphatic carboxylic acids is 1. The highest BCUT2D eigenvalue weighted by Crippen LogP contribution is 2.24. The number of aromatic nitrogens is 1. The minimum Gasteiger partial charge on any atom is -0.481 e. The molecule has 1 aromatic carbocycles. The maximum Gasteiger partial charge on any atom is 0.304 e. The molecule has 3 N–H and O–H groups in total. The zero-order chi connectivity index (χ0) is 14.5. The summed E-state index contributed by atoms with van der Waals surface area (Å²) >= 11 is 1.57. The summed E-state index contributed by atoms with van der Waals surface area (Å²) in [6.45, 7) is 1.17. The van der Waals surface area contributed by atoms with Gasteiger partial charge in [0.1, 0.15) is 5.01 Å². The molecular weight excluding hydrogens is 274 g/mol. The van der Waals surface area contributed by atoms with E-state index in [-0.39, 0.29) is 6.42 Å². The first-order chi connectivity index (χ1) is 9.54. The van der Waals surface area contributed by atoms with Gasteiger partial charge in [-0.3, -0.25) is 9.69 Å². The van der Waals surface area contributed by atoms with Crippen LogP contribution in [0, 0.1) is 0 Å². The van der Waals surface area contributed by atoms with E-state index < -0.39 is 5.97 Å². The molecular formula is C14H17N3O2S. The summed E-state index contributed by atoms with van der Waals surface area (Å²) in [5.41, 5.74) is 8.39. The van der Waals surface area contributed by atoms with Crippen molar-refractivity contribution in [2.45, 2.75) is 13.0 Å². The molecule has 1 heterocycles. The fourth-order valence-electron chi connectivity index (χ4n) is 1.81. The van der Waals surface area contributed by atoms with E-state index in [0.29, 0.717) is 13.1 Å². The molecule has 0 unspecified atom stereocenters. The summed E-state index contributed by atoms with van der Waals surface area (Å²) in [6.07, 6.45) is 0.143. The molecule has 106 valence electrons. The lowest BCUT2D eigenvalue weighted by Crippen LogP contribution is -2.21. The van der Waals surface area contributed by atoms with Crippen LogP contribution in [0.2, 0.25) is 0 Å². The lowest BCUT2D eigenvalue weighted by molar-refractivity contribution is -0.137. The molecule has 0 aliphatic heterocycles. The Labute approximate surface area is 121 Å². The Bertz CT molecular complexity index is 598. The standard InChI is InChI=1S/C14H17N3O2S/c1-17(6-5-14(18)19)8-13-16-12(9-20-13)10-3-2-4-11(15)7-10/h2-4,7,9H,5-6,8,15H2,1H3,(H,18,19). The van der Waals surface area contributed by atoms with E-state index in [1.807, 2.05) is 41.6 Å². The van der Waals surface area contributed by atoms with Crippen LogP contribution >= 0.6 is 11.3 Å². The van der Waals surface area contributed by atoms with Crippen molar-refractivity contribution in [3.05, 3.63) is 34.7 Å². The van der Waals surface area contributed by atoms with Gasteiger partial charge in [0.05, 0.1) is 18.7 Å². The van der Waals surface area contributed by atoms with Gasteiger partial charge in [0, 0.05) is 23.2 Å². The molecule has 20 heavy (non-hydrogen) atoms. The summed E-state index contributed by atoms with van der Waals surface area (Å²) in [4.78, 5) is 17.0. The second-order valence-corrected chi connectivity index (χ2v) is 5.58. The van der Waals surface area contributed by atoms with Crippen LogP contribution in [0.15, 0.2) is 29.6 Å². The Morgan fingerprint density at radius 1 is 1.50 bits per heavy atom. The van der Waals surface area contributed by atoms with Crippen LogP contribution in [0.25, 0.3) is 11.3 Å². The first kappa shape index (κ1) is 14.5. The number of carboxylic acid groups (broad SMARTS) is 1. The fraction of sp³-hybridized carbons (Fsp3) is 0.286. The first-order valence-electron chi connectivity index (χ1n) is 6.25. The first-order valence-corrected chi connectivity index (χ1v) is 7.13. The summed E-state index contributed by atoms with van der Waals surface area (Å²) in [5.74, 6) is -0.781. The number of nitrogen functional groups attached to an aromatic ring is 1. The van der Waals surface area contributed by atoms with E-state index in [1.165, 1.54) is 0 Å². The van der Waals surface area contributed by atoms with Crippen molar-refractivity contribution in [2.24, 2.45) is 0 Å². The van der Waals surface area contributed by atoms with Crippen LogP contribution in [0.4, 0.5) is 5.69 Å². The number of carboxylic acids is 1. The number of rotatable bonds is 6. The van der Waals surface area contributed by atoms with Crippen molar-refractivity contribution >= 4 is 23.0 Å². The molecule has 2 aromatic rings. The van der Waals surface area contributed by atoms with Gasteiger partial charge in [-0.15, -0.1) is 11.3 Å². The van der Waals surface area contributed by atoms with E-state index >= 15 is 0 Å². The third-order valence-electron chi connectivity index (χ3n) is 2.85. The van der Waals surface area contributed by atoms with E-state index in [4.69, 9.17) is 10.8 Å². The highest BCUT2D eigenvalue weighted by Gasteiger charge is 2.08. The SMILES string of the molecule is CN(CCC(=O)O)Cc1nc(-c2cccc(N)c2)cs1. The van der Waals surface area contributed by atoms with E-state index in [0.717, 1.165) is 22.0 Å². The second kappa shape index (κ2) is 6.49. The molecule has 0 fully saturated rings. The van der Waals surface area contributed by atoms with Crippen molar-refractivity contribution in [1.29, 1.82) is 0 Å². The molecule has 5 nitrogen and oxygen atoms in total. The van der Waals surface area contributed by atoms with Crippen LogP contribution in [0.5, 0.6) is 0 Å². The molecule has 0 amide bonds. The number of benzene rings is 1. The fourth-order valence-corrected chi connectivity index (χ4v) is 2.69. The molecule has 6 heteroatoms. The molecule has 0 atom stereocenters. The second-order valence-electron chi connectivity index (χ2n) is 4.63. The number of nitrogens with two attached hydrogens (primary N) is 1. The summed E-state index contributed by atoms with van der Waals surface area (Å²) in [7, 11) is 1.89. The predicted molar refractivity (Wildman–Crippen MR) is 80.5 cm³/mol. The molecule has 0 spiro atoms. The third-order valence-corrected chi connectivity index (χ3v) is 3.68. The van der Waals surface area contributed by atoms with Gasteiger partial charge < -0.3 is 10.8 Å². The highest BCUT2D eigenvalue weighted by molar-refractivity contribution is 7.09. The predicted octanol–water partition coefficient (Wildman–Crippen LogP) is 2.30. The summed E-state index contributed by atoms with van der Waals surface area (Å²) in [6, 6.07) is 7.62. The van der Waals surface area contributed by atoms with Gasteiger partial charge in [-0.2, -0.15) is 0 Å². The maximum absolute atomic E-state index is 10.5. The van der Waals surface area contributed by atoms with E-state index in [1.54, 1.807) is 11.3 Å². The van der Waals surface area contributed by atoms with Gasteiger partial charge >= 0.3 is 5.97 Å². The zero-order valence-electron chi connectivity index (χ0n) is 11.2. The molecule has 1 aromatic heterocycles. The van der Waals surface area contributed by atoms with Crippen LogP contribution < -0.4 is 5.73 Å². The van der Waals surface area contributed by atoms with E-state index in [2.05, 4.69) is 4.98 Å². The number of hydrogen-bond donors (Lipinski definition) is 2. The monoisotopic (exact) mass is 291 g/mol. The topological polar surface area (TPSA) is 79.5 Å². The largest absolute Gasteiger partial charge is 0.481 e. The van der Waals surface area contributed by atoms with Crippen molar-refractivity contribution in [1.82, 2.24) is 9.88 Å². The van der Waals surface area contributed by atoms with Gasteiger partial charge in [-0.1, -0.05) is 12.1 Å². The van der Waals surface area contributed by atoms with Gasteiger partial charge in [-0.05, 0) is 19.2 Å². The number of nitrogens with zero attached hydrogens (tertiary/aromatic N) is 2. The number of thiazole rings is 1. The van der Waals surface area contributed by atoms with E-state index in [9.17, 15) is 4.79 Å². The van der Waals surface area contributed by atoms with Gasteiger partial charge in [0.15, 0.2) is 0 Å². The van der Waals surface area contributed by atoms with Crippen molar-refractivity contribution in [3.8, 4) is 11.3 Å². The maximum atomic E-state index is 10.5. The minimum absolute atomic E-state index is 0.143. The molecule has 0 aliphatic carbocycles. The van der Waals surface area contributed by atoms with Crippen molar-refractivity contribution < 1.29 is 9.90 Å². The average Bonchev–Trinajstić information content (AvgIpc) is 2.85.